The molecule has 0 heterocycles. The number of nitrogens with zero attached hydrogens (tertiary/aromatic N) is 1. The molecule has 0 aromatic heterocycles. The van der Waals surface area contributed by atoms with E-state index >= 15 is 0 Å². The average molecular weight is 272 g/mol. The molecule has 1 aliphatic carbocycles. The summed E-state index contributed by atoms with van der Waals surface area (Å²) in [6.45, 7) is 4.76. The standard InChI is InChI=1S/C17H24N2O/c1-13(2)14-6-8-15(9-7-14)19-16-4-3-5-17(12-16)20-11-10-18/h3-5,12-15,19H,6-9,11H2,1-2H3. The van der Waals surface area contributed by atoms with Gasteiger partial charge in [-0.05, 0) is 49.7 Å². The van der Waals surface area contributed by atoms with Crippen molar-refractivity contribution in [2.24, 2.45) is 11.8 Å². The van der Waals surface area contributed by atoms with Gasteiger partial charge in [-0.1, -0.05) is 19.9 Å². The highest BCUT2D eigenvalue weighted by Crippen LogP contribution is 2.31. The highest BCUT2D eigenvalue weighted by Gasteiger charge is 2.22. The third kappa shape index (κ3) is 4.16. The summed E-state index contributed by atoms with van der Waals surface area (Å²) in [7, 11) is 0. The highest BCUT2D eigenvalue weighted by atomic mass is 16.5. The first kappa shape index (κ1) is 14.7. The highest BCUT2D eigenvalue weighted by molar-refractivity contribution is 5.49. The van der Waals surface area contributed by atoms with Crippen molar-refractivity contribution in [1.82, 2.24) is 0 Å². The van der Waals surface area contributed by atoms with Crippen LogP contribution in [0.25, 0.3) is 0 Å². The molecule has 1 N–H and O–H groups in total. The summed E-state index contributed by atoms with van der Waals surface area (Å²) in [5, 5.41) is 12.1. The average Bonchev–Trinajstić information content (AvgIpc) is 2.46. The zero-order chi connectivity index (χ0) is 14.4. The van der Waals surface area contributed by atoms with Gasteiger partial charge in [-0.15, -0.1) is 0 Å². The van der Waals surface area contributed by atoms with Crippen LogP contribution >= 0.6 is 0 Å². The second kappa shape index (κ2) is 7.19. The zero-order valence-electron chi connectivity index (χ0n) is 12.4. The third-order valence-electron chi connectivity index (χ3n) is 4.22. The Morgan fingerprint density at radius 3 is 2.70 bits per heavy atom. The maximum absolute atomic E-state index is 8.54. The van der Waals surface area contributed by atoms with E-state index in [0.717, 1.165) is 23.3 Å². The fourth-order valence-electron chi connectivity index (χ4n) is 2.96. The lowest BCUT2D eigenvalue weighted by molar-refractivity contribution is 0.267. The van der Waals surface area contributed by atoms with Crippen LogP contribution in [0.15, 0.2) is 24.3 Å². The van der Waals surface area contributed by atoms with Crippen LogP contribution in [0, 0.1) is 23.2 Å². The van der Waals surface area contributed by atoms with Gasteiger partial charge in [0.1, 0.15) is 11.8 Å². The number of anilines is 1. The Morgan fingerprint density at radius 1 is 1.30 bits per heavy atom. The van der Waals surface area contributed by atoms with Crippen LogP contribution in [-0.2, 0) is 0 Å². The minimum Gasteiger partial charge on any atom is -0.479 e. The van der Waals surface area contributed by atoms with Crippen molar-refractivity contribution in [3.05, 3.63) is 24.3 Å². The van der Waals surface area contributed by atoms with Crippen molar-refractivity contribution < 1.29 is 4.74 Å². The SMILES string of the molecule is CC(C)C1CCC(Nc2cccc(OCC#N)c2)CC1. The molecule has 3 nitrogen and oxygen atoms in total. The van der Waals surface area contributed by atoms with Gasteiger partial charge >= 0.3 is 0 Å². The van der Waals surface area contributed by atoms with Gasteiger partial charge in [-0.2, -0.15) is 5.26 Å². The number of rotatable bonds is 5. The Morgan fingerprint density at radius 2 is 2.05 bits per heavy atom. The van der Waals surface area contributed by atoms with E-state index in [-0.39, 0.29) is 6.61 Å². The molecule has 2 rings (SSSR count). The second-order valence-corrected chi connectivity index (χ2v) is 5.97. The molecular formula is C17H24N2O. The molecule has 0 spiro atoms. The molecule has 1 fully saturated rings. The minimum absolute atomic E-state index is 0.100. The zero-order valence-corrected chi connectivity index (χ0v) is 12.4. The molecule has 0 unspecified atom stereocenters. The van der Waals surface area contributed by atoms with Crippen molar-refractivity contribution in [2.45, 2.75) is 45.6 Å². The molecule has 1 aliphatic rings. The lowest BCUT2D eigenvalue weighted by Gasteiger charge is -2.31. The first-order valence-electron chi connectivity index (χ1n) is 7.55. The Hall–Kier alpha value is -1.69. The predicted molar refractivity (Wildman–Crippen MR) is 81.8 cm³/mol. The fraction of sp³-hybridized carbons (Fsp3) is 0.588. The fourth-order valence-corrected chi connectivity index (χ4v) is 2.96. The quantitative estimate of drug-likeness (QED) is 0.873. The van der Waals surface area contributed by atoms with E-state index in [0.29, 0.717) is 6.04 Å². The van der Waals surface area contributed by atoms with Crippen LogP contribution in [0.1, 0.15) is 39.5 Å². The van der Waals surface area contributed by atoms with E-state index in [4.69, 9.17) is 10.00 Å². The van der Waals surface area contributed by atoms with Gasteiger partial charge < -0.3 is 10.1 Å². The van der Waals surface area contributed by atoms with E-state index in [1.54, 1.807) is 0 Å². The molecule has 108 valence electrons. The topological polar surface area (TPSA) is 45.0 Å². The van der Waals surface area contributed by atoms with Crippen LogP contribution in [0.3, 0.4) is 0 Å². The Bertz CT molecular complexity index is 456. The summed E-state index contributed by atoms with van der Waals surface area (Å²) in [6.07, 6.45) is 5.12. The van der Waals surface area contributed by atoms with Gasteiger partial charge in [0.15, 0.2) is 6.61 Å². The molecule has 0 radical (unpaired) electrons. The number of ether oxygens (including phenoxy) is 1. The van der Waals surface area contributed by atoms with E-state index in [1.165, 1.54) is 25.7 Å². The minimum atomic E-state index is 0.100. The van der Waals surface area contributed by atoms with Gasteiger partial charge in [0.25, 0.3) is 0 Å². The van der Waals surface area contributed by atoms with Crippen molar-refractivity contribution in [3.63, 3.8) is 0 Å². The van der Waals surface area contributed by atoms with Crippen molar-refractivity contribution >= 4 is 5.69 Å². The Labute approximate surface area is 121 Å². The summed E-state index contributed by atoms with van der Waals surface area (Å²) in [6, 6.07) is 10.5. The van der Waals surface area contributed by atoms with Crippen molar-refractivity contribution in [2.75, 3.05) is 11.9 Å². The van der Waals surface area contributed by atoms with E-state index < -0.39 is 0 Å². The molecule has 0 bridgehead atoms. The Balaban J connectivity index is 1.86. The van der Waals surface area contributed by atoms with Gasteiger partial charge in [0, 0.05) is 17.8 Å². The van der Waals surface area contributed by atoms with Crippen LogP contribution in [0.5, 0.6) is 5.75 Å². The van der Waals surface area contributed by atoms with Gasteiger partial charge in [0.2, 0.25) is 0 Å². The summed E-state index contributed by atoms with van der Waals surface area (Å²) in [4.78, 5) is 0. The lowest BCUT2D eigenvalue weighted by Crippen LogP contribution is -2.27. The number of hydrogen-bond acceptors (Lipinski definition) is 3. The maximum Gasteiger partial charge on any atom is 0.174 e. The molecule has 0 saturated heterocycles. The summed E-state index contributed by atoms with van der Waals surface area (Å²) < 4.78 is 5.33. The van der Waals surface area contributed by atoms with Gasteiger partial charge in [-0.3, -0.25) is 0 Å². The lowest BCUT2D eigenvalue weighted by atomic mass is 9.79. The number of benzene rings is 1. The van der Waals surface area contributed by atoms with Gasteiger partial charge in [0.05, 0.1) is 0 Å². The number of nitriles is 1. The molecule has 1 saturated carbocycles. The predicted octanol–water partition coefficient (Wildman–Crippen LogP) is 4.22. The Kier molecular flexibility index (Phi) is 5.29. The van der Waals surface area contributed by atoms with Crippen LogP contribution < -0.4 is 10.1 Å². The maximum atomic E-state index is 8.54. The van der Waals surface area contributed by atoms with Crippen LogP contribution in [0.4, 0.5) is 5.69 Å². The largest absolute Gasteiger partial charge is 0.479 e. The summed E-state index contributed by atoms with van der Waals surface area (Å²) in [5.74, 6) is 2.45. The van der Waals surface area contributed by atoms with Crippen molar-refractivity contribution in [3.8, 4) is 11.8 Å². The molecule has 0 amide bonds. The third-order valence-corrected chi connectivity index (χ3v) is 4.22. The molecule has 3 heteroatoms. The van der Waals surface area contributed by atoms with Crippen LogP contribution in [0.2, 0.25) is 0 Å². The van der Waals surface area contributed by atoms with Gasteiger partial charge in [-0.25, -0.2) is 0 Å². The molecule has 20 heavy (non-hydrogen) atoms. The normalized spacial score (nSPS) is 22.3. The van der Waals surface area contributed by atoms with E-state index in [2.05, 4.69) is 25.2 Å². The second-order valence-electron chi connectivity index (χ2n) is 5.97. The van der Waals surface area contributed by atoms with E-state index in [9.17, 15) is 0 Å². The summed E-state index contributed by atoms with van der Waals surface area (Å²) >= 11 is 0. The van der Waals surface area contributed by atoms with Crippen molar-refractivity contribution in [1.29, 1.82) is 5.26 Å². The molecule has 0 aliphatic heterocycles. The number of nitrogens with one attached hydrogen (secondary N) is 1. The monoisotopic (exact) mass is 272 g/mol. The molecule has 1 aromatic rings. The van der Waals surface area contributed by atoms with E-state index in [1.807, 2.05) is 24.3 Å². The first-order chi connectivity index (χ1) is 9.69. The molecular weight excluding hydrogens is 248 g/mol. The smallest absolute Gasteiger partial charge is 0.174 e. The van der Waals surface area contributed by atoms with Crippen LogP contribution in [-0.4, -0.2) is 12.6 Å². The molecule has 1 aromatic carbocycles. The molecule has 0 atom stereocenters. The first-order valence-corrected chi connectivity index (χ1v) is 7.55. The number of hydrogen-bond donors (Lipinski definition) is 1. The summed E-state index contributed by atoms with van der Waals surface area (Å²) in [5.41, 5.74) is 1.09.